The minimum Gasteiger partial charge on any atom is -0.381 e. The van der Waals surface area contributed by atoms with Crippen LogP contribution in [0.5, 0.6) is 0 Å². The molecule has 0 radical (unpaired) electrons. The molecule has 7 nitrogen and oxygen atoms in total. The van der Waals surface area contributed by atoms with Crippen molar-refractivity contribution >= 4 is 29.9 Å². The summed E-state index contributed by atoms with van der Waals surface area (Å²) in [7, 11) is 1.79. The summed E-state index contributed by atoms with van der Waals surface area (Å²) in [6.07, 6.45) is 5.73. The minimum atomic E-state index is 0. The van der Waals surface area contributed by atoms with Crippen LogP contribution in [0.15, 0.2) is 41.7 Å². The van der Waals surface area contributed by atoms with Crippen molar-refractivity contribution < 1.29 is 4.74 Å². The minimum absolute atomic E-state index is 0. The fourth-order valence-corrected chi connectivity index (χ4v) is 2.73. The molecule has 0 fully saturated rings. The second-order valence-corrected chi connectivity index (χ2v) is 6.27. The van der Waals surface area contributed by atoms with Gasteiger partial charge in [0.05, 0.1) is 6.61 Å². The molecule has 28 heavy (non-hydrogen) atoms. The monoisotopic (exact) mass is 500 g/mol. The van der Waals surface area contributed by atoms with E-state index in [0.29, 0.717) is 0 Å². The largest absolute Gasteiger partial charge is 0.381 e. The standard InChI is InChI=1S/C20H32N6O.HI/c1-3-19-25-24-17-26(19)14-13-23-20(21-2)22-12-7-8-15-27-16-11-18-9-5-4-6-10-18;/h4-6,9-10,17H,3,7-8,11-16H2,1-2H3,(H2,21,22,23);1H. The molecule has 0 saturated heterocycles. The zero-order valence-corrected chi connectivity index (χ0v) is 19.3. The van der Waals surface area contributed by atoms with E-state index in [0.717, 1.165) is 70.3 Å². The van der Waals surface area contributed by atoms with E-state index < -0.39 is 0 Å². The Morgan fingerprint density at radius 1 is 1.11 bits per heavy atom. The number of hydrogen-bond acceptors (Lipinski definition) is 4. The van der Waals surface area contributed by atoms with Crippen molar-refractivity contribution in [3.05, 3.63) is 48.0 Å². The fourth-order valence-electron chi connectivity index (χ4n) is 2.73. The Labute approximate surface area is 185 Å². The highest BCUT2D eigenvalue weighted by Crippen LogP contribution is 2.00. The van der Waals surface area contributed by atoms with Crippen LogP contribution in [0.2, 0.25) is 0 Å². The van der Waals surface area contributed by atoms with Gasteiger partial charge in [-0.2, -0.15) is 0 Å². The number of rotatable bonds is 12. The van der Waals surface area contributed by atoms with Crippen molar-refractivity contribution in [1.29, 1.82) is 0 Å². The summed E-state index contributed by atoms with van der Waals surface area (Å²) >= 11 is 0. The summed E-state index contributed by atoms with van der Waals surface area (Å²) in [5.74, 6) is 1.83. The van der Waals surface area contributed by atoms with Gasteiger partial charge >= 0.3 is 0 Å². The second-order valence-electron chi connectivity index (χ2n) is 6.27. The number of aliphatic imine (C=N–C) groups is 1. The number of hydrogen-bond donors (Lipinski definition) is 2. The lowest BCUT2D eigenvalue weighted by molar-refractivity contribution is 0.133. The molecule has 2 rings (SSSR count). The van der Waals surface area contributed by atoms with E-state index in [1.165, 1.54) is 5.56 Å². The molecule has 156 valence electrons. The van der Waals surface area contributed by atoms with Crippen molar-refractivity contribution in [2.24, 2.45) is 4.99 Å². The van der Waals surface area contributed by atoms with Crippen LogP contribution < -0.4 is 10.6 Å². The number of guanidine groups is 1. The Balaban J connectivity index is 0.00000392. The maximum atomic E-state index is 5.71. The highest BCUT2D eigenvalue weighted by Gasteiger charge is 2.02. The lowest BCUT2D eigenvalue weighted by Gasteiger charge is -2.12. The predicted octanol–water partition coefficient (Wildman–Crippen LogP) is 2.66. The molecule has 0 amide bonds. The SMILES string of the molecule is CCc1nncn1CCNC(=NC)NCCCCOCCc1ccccc1.I. The van der Waals surface area contributed by atoms with Crippen molar-refractivity contribution in [2.45, 2.75) is 39.2 Å². The number of aryl methyl sites for hydroxylation is 1. The number of aromatic nitrogens is 3. The van der Waals surface area contributed by atoms with Gasteiger partial charge in [0.1, 0.15) is 12.2 Å². The molecular formula is C20H33IN6O. The molecule has 0 aliphatic heterocycles. The van der Waals surface area contributed by atoms with E-state index in [1.807, 2.05) is 6.07 Å². The molecule has 1 heterocycles. The van der Waals surface area contributed by atoms with Crippen LogP contribution in [0.1, 0.15) is 31.2 Å². The van der Waals surface area contributed by atoms with Crippen molar-refractivity contribution in [1.82, 2.24) is 25.4 Å². The number of nitrogens with zero attached hydrogens (tertiary/aromatic N) is 4. The number of ether oxygens (including phenoxy) is 1. The van der Waals surface area contributed by atoms with E-state index in [4.69, 9.17) is 4.74 Å². The normalized spacial score (nSPS) is 11.1. The van der Waals surface area contributed by atoms with Crippen molar-refractivity contribution in [3.8, 4) is 0 Å². The maximum absolute atomic E-state index is 5.71. The molecular weight excluding hydrogens is 467 g/mol. The van der Waals surface area contributed by atoms with Crippen LogP contribution in [0.4, 0.5) is 0 Å². The lowest BCUT2D eigenvalue weighted by atomic mass is 10.2. The maximum Gasteiger partial charge on any atom is 0.191 e. The van der Waals surface area contributed by atoms with E-state index >= 15 is 0 Å². The summed E-state index contributed by atoms with van der Waals surface area (Å²) < 4.78 is 7.77. The van der Waals surface area contributed by atoms with Gasteiger partial charge < -0.3 is 19.9 Å². The van der Waals surface area contributed by atoms with Gasteiger partial charge in [-0.25, -0.2) is 0 Å². The van der Waals surface area contributed by atoms with Gasteiger partial charge in [-0.05, 0) is 24.8 Å². The first-order chi connectivity index (χ1) is 13.3. The molecule has 1 aromatic heterocycles. The quantitative estimate of drug-likeness (QED) is 0.203. The van der Waals surface area contributed by atoms with Crippen LogP contribution in [0, 0.1) is 0 Å². The Hall–Kier alpha value is -1.68. The van der Waals surface area contributed by atoms with Crippen molar-refractivity contribution in [3.63, 3.8) is 0 Å². The van der Waals surface area contributed by atoms with E-state index in [9.17, 15) is 0 Å². The molecule has 8 heteroatoms. The van der Waals surface area contributed by atoms with E-state index in [1.54, 1.807) is 13.4 Å². The smallest absolute Gasteiger partial charge is 0.191 e. The third-order valence-corrected chi connectivity index (χ3v) is 4.27. The van der Waals surface area contributed by atoms with E-state index in [2.05, 4.69) is 61.6 Å². The van der Waals surface area contributed by atoms with Crippen LogP contribution in [-0.2, 0) is 24.1 Å². The Morgan fingerprint density at radius 3 is 2.64 bits per heavy atom. The Morgan fingerprint density at radius 2 is 1.89 bits per heavy atom. The average Bonchev–Trinajstić information content (AvgIpc) is 3.16. The van der Waals surface area contributed by atoms with Crippen LogP contribution >= 0.6 is 24.0 Å². The molecule has 0 saturated carbocycles. The number of halogens is 1. The highest BCUT2D eigenvalue weighted by atomic mass is 127. The summed E-state index contributed by atoms with van der Waals surface area (Å²) in [6.45, 7) is 6.16. The van der Waals surface area contributed by atoms with Gasteiger partial charge in [0.25, 0.3) is 0 Å². The molecule has 2 aromatic rings. The summed E-state index contributed by atoms with van der Waals surface area (Å²) in [6, 6.07) is 10.4. The van der Waals surface area contributed by atoms with Crippen LogP contribution in [0.3, 0.4) is 0 Å². The molecule has 0 aliphatic carbocycles. The number of benzene rings is 1. The van der Waals surface area contributed by atoms with Gasteiger partial charge in [-0.1, -0.05) is 37.3 Å². The Bertz CT molecular complexity index is 662. The average molecular weight is 500 g/mol. The zero-order chi connectivity index (χ0) is 19.2. The molecule has 0 aliphatic rings. The molecule has 0 atom stereocenters. The third-order valence-electron chi connectivity index (χ3n) is 4.27. The lowest BCUT2D eigenvalue weighted by Crippen LogP contribution is -2.39. The van der Waals surface area contributed by atoms with Crippen molar-refractivity contribution in [2.75, 3.05) is 33.4 Å². The molecule has 0 bridgehead atoms. The topological polar surface area (TPSA) is 76.4 Å². The Kier molecular flexibility index (Phi) is 13.3. The zero-order valence-electron chi connectivity index (χ0n) is 16.9. The summed E-state index contributed by atoms with van der Waals surface area (Å²) in [4.78, 5) is 4.25. The summed E-state index contributed by atoms with van der Waals surface area (Å²) in [5, 5.41) is 14.7. The first kappa shape index (κ1) is 24.4. The van der Waals surface area contributed by atoms with Gasteiger partial charge in [-0.3, -0.25) is 4.99 Å². The predicted molar refractivity (Wildman–Crippen MR) is 124 cm³/mol. The van der Waals surface area contributed by atoms with Gasteiger partial charge in [0.15, 0.2) is 5.96 Å². The number of nitrogens with one attached hydrogen (secondary N) is 2. The second kappa shape index (κ2) is 15.3. The van der Waals surface area contributed by atoms with Crippen LogP contribution in [0.25, 0.3) is 0 Å². The van der Waals surface area contributed by atoms with Crippen LogP contribution in [-0.4, -0.2) is 54.1 Å². The van der Waals surface area contributed by atoms with Gasteiger partial charge in [0.2, 0.25) is 0 Å². The first-order valence-corrected chi connectivity index (χ1v) is 9.76. The number of unbranched alkanes of at least 4 members (excludes halogenated alkanes) is 1. The molecule has 0 unspecified atom stereocenters. The fraction of sp³-hybridized carbons (Fsp3) is 0.550. The van der Waals surface area contributed by atoms with Gasteiger partial charge in [-0.15, -0.1) is 34.2 Å². The first-order valence-electron chi connectivity index (χ1n) is 9.76. The summed E-state index contributed by atoms with van der Waals surface area (Å²) in [5.41, 5.74) is 1.33. The molecule has 2 N–H and O–H groups in total. The third kappa shape index (κ3) is 9.50. The van der Waals surface area contributed by atoms with E-state index in [-0.39, 0.29) is 24.0 Å². The molecule has 1 aromatic carbocycles. The van der Waals surface area contributed by atoms with Gasteiger partial charge in [0, 0.05) is 39.7 Å². The highest BCUT2D eigenvalue weighted by molar-refractivity contribution is 14.0. The molecule has 0 spiro atoms.